The second-order valence-electron chi connectivity index (χ2n) is 6.29. The van der Waals surface area contributed by atoms with Crippen molar-refractivity contribution in [1.29, 1.82) is 0 Å². The first kappa shape index (κ1) is 22.8. The van der Waals surface area contributed by atoms with Gasteiger partial charge in [-0.15, -0.1) is 0 Å². The molecule has 0 atom stereocenters. The van der Waals surface area contributed by atoms with Gasteiger partial charge in [-0.05, 0) is 61.6 Å². The van der Waals surface area contributed by atoms with E-state index in [2.05, 4.69) is 14.8 Å². The molecule has 31 heavy (non-hydrogen) atoms. The molecule has 1 amide bonds. The van der Waals surface area contributed by atoms with Gasteiger partial charge in [-0.1, -0.05) is 29.8 Å². The van der Waals surface area contributed by atoms with Gasteiger partial charge in [-0.2, -0.15) is 0 Å². The maximum absolute atomic E-state index is 12.9. The second kappa shape index (κ2) is 9.06. The third-order valence-electron chi connectivity index (χ3n) is 4.21. The maximum Gasteiger partial charge on any atom is 0.261 e. The highest BCUT2D eigenvalue weighted by Gasteiger charge is 2.21. The molecule has 162 valence electrons. The molecule has 3 N–H and O–H groups in total. The van der Waals surface area contributed by atoms with Gasteiger partial charge in [0, 0.05) is 10.7 Å². The summed E-state index contributed by atoms with van der Waals surface area (Å²) >= 11 is 5.84. The Kier molecular flexibility index (Phi) is 6.65. The topological polar surface area (TPSA) is 121 Å². The lowest BCUT2D eigenvalue weighted by molar-refractivity contribution is 0.102. The zero-order chi connectivity index (χ0) is 22.6. The van der Waals surface area contributed by atoms with Crippen LogP contribution in [-0.4, -0.2) is 29.8 Å². The Morgan fingerprint density at radius 1 is 0.806 bits per heavy atom. The minimum atomic E-state index is -4.18. The summed E-state index contributed by atoms with van der Waals surface area (Å²) in [6, 6.07) is 17.4. The first-order valence-corrected chi connectivity index (χ1v) is 12.2. The first-order valence-electron chi connectivity index (χ1n) is 8.85. The van der Waals surface area contributed by atoms with Gasteiger partial charge in [0.1, 0.15) is 0 Å². The monoisotopic (exact) mass is 479 g/mol. The molecule has 0 heterocycles. The summed E-state index contributed by atoms with van der Waals surface area (Å²) in [6.45, 7) is 0. The summed E-state index contributed by atoms with van der Waals surface area (Å²) in [5.41, 5.74) is 0.605. The van der Waals surface area contributed by atoms with Gasteiger partial charge in [0.25, 0.3) is 15.9 Å². The number of benzene rings is 3. The molecule has 0 saturated heterocycles. The Hall–Kier alpha value is -2.92. The number of halogens is 1. The summed E-state index contributed by atoms with van der Waals surface area (Å²) in [4.78, 5) is 12.2. The van der Waals surface area contributed by atoms with Gasteiger partial charge in [0.2, 0.25) is 10.0 Å². The van der Waals surface area contributed by atoms with Gasteiger partial charge in [0.15, 0.2) is 0 Å². The van der Waals surface area contributed by atoms with E-state index < -0.39 is 26.0 Å². The summed E-state index contributed by atoms with van der Waals surface area (Å²) in [5, 5.41) is 3.18. The predicted molar refractivity (Wildman–Crippen MR) is 119 cm³/mol. The van der Waals surface area contributed by atoms with Crippen LogP contribution in [0.4, 0.5) is 11.4 Å². The smallest absolute Gasteiger partial charge is 0.261 e. The van der Waals surface area contributed by atoms with Gasteiger partial charge < -0.3 is 5.32 Å². The summed E-state index contributed by atoms with van der Waals surface area (Å²) in [7, 11) is -6.78. The summed E-state index contributed by atoms with van der Waals surface area (Å²) < 4.78 is 54.2. The number of carbonyl (C=O) groups is 1. The van der Waals surface area contributed by atoms with Gasteiger partial charge in [0.05, 0.1) is 21.0 Å². The highest BCUT2D eigenvalue weighted by Crippen LogP contribution is 2.23. The van der Waals surface area contributed by atoms with E-state index in [1.54, 1.807) is 36.4 Å². The standard InChI is InChI=1S/C20H18ClN3O5S2/c1-22-30(26,27)16-5-4-6-17(13-16)31(28,29)24-19-8-3-2-7-18(19)20(25)23-15-11-9-14(21)10-12-15/h2-13,22,24H,1H3,(H,23,25). The van der Waals surface area contributed by atoms with Crippen LogP contribution in [0.25, 0.3) is 0 Å². The van der Waals surface area contributed by atoms with Crippen molar-refractivity contribution in [3.63, 3.8) is 0 Å². The SMILES string of the molecule is CNS(=O)(=O)c1cccc(S(=O)(=O)Nc2ccccc2C(=O)Nc2ccc(Cl)cc2)c1. The van der Waals surface area contributed by atoms with Crippen molar-refractivity contribution in [3.8, 4) is 0 Å². The van der Waals surface area contributed by atoms with Crippen LogP contribution in [0.3, 0.4) is 0 Å². The molecule has 3 aromatic rings. The Morgan fingerprint density at radius 2 is 1.42 bits per heavy atom. The molecule has 0 aliphatic carbocycles. The number of anilines is 2. The third kappa shape index (κ3) is 5.42. The van der Waals surface area contributed by atoms with Crippen molar-refractivity contribution in [2.75, 3.05) is 17.1 Å². The highest BCUT2D eigenvalue weighted by atomic mass is 35.5. The average Bonchev–Trinajstić information content (AvgIpc) is 2.75. The molecule has 0 unspecified atom stereocenters. The van der Waals surface area contributed by atoms with Crippen LogP contribution in [-0.2, 0) is 20.0 Å². The molecule has 11 heteroatoms. The predicted octanol–water partition coefficient (Wildman–Crippen LogP) is 3.30. The van der Waals surface area contributed by atoms with E-state index in [4.69, 9.17) is 11.6 Å². The molecule has 0 aromatic heterocycles. The van der Waals surface area contributed by atoms with Crippen LogP contribution >= 0.6 is 11.6 Å². The molecule has 0 aliphatic rings. The summed E-state index contributed by atoms with van der Waals surface area (Å²) in [5.74, 6) is -0.535. The van der Waals surface area contributed by atoms with E-state index in [1.165, 1.54) is 37.4 Å². The molecular formula is C20H18ClN3O5S2. The van der Waals surface area contributed by atoms with Crippen molar-refractivity contribution >= 4 is 48.9 Å². The van der Waals surface area contributed by atoms with Gasteiger partial charge in [-0.3, -0.25) is 9.52 Å². The van der Waals surface area contributed by atoms with Crippen molar-refractivity contribution in [3.05, 3.63) is 83.4 Å². The van der Waals surface area contributed by atoms with E-state index in [-0.39, 0.29) is 21.0 Å². The lowest BCUT2D eigenvalue weighted by Crippen LogP contribution is -2.20. The Balaban J connectivity index is 1.90. The molecule has 0 spiro atoms. The van der Waals surface area contributed by atoms with E-state index in [0.29, 0.717) is 10.7 Å². The van der Waals surface area contributed by atoms with Crippen molar-refractivity contribution < 1.29 is 21.6 Å². The number of amides is 1. The van der Waals surface area contributed by atoms with Crippen molar-refractivity contribution in [2.24, 2.45) is 0 Å². The Bertz CT molecular complexity index is 1320. The van der Waals surface area contributed by atoms with E-state index in [0.717, 1.165) is 6.07 Å². The van der Waals surface area contributed by atoms with Crippen LogP contribution in [0.1, 0.15) is 10.4 Å². The molecule has 0 radical (unpaired) electrons. The van der Waals surface area contributed by atoms with Crippen LogP contribution in [0.2, 0.25) is 5.02 Å². The van der Waals surface area contributed by atoms with Crippen LogP contribution in [0.5, 0.6) is 0 Å². The average molecular weight is 480 g/mol. The van der Waals surface area contributed by atoms with Crippen molar-refractivity contribution in [2.45, 2.75) is 9.79 Å². The van der Waals surface area contributed by atoms with Crippen LogP contribution in [0.15, 0.2) is 82.6 Å². The number of rotatable bonds is 7. The fourth-order valence-electron chi connectivity index (χ4n) is 2.63. The lowest BCUT2D eigenvalue weighted by atomic mass is 10.1. The van der Waals surface area contributed by atoms with Gasteiger partial charge in [-0.25, -0.2) is 21.6 Å². The van der Waals surface area contributed by atoms with Crippen molar-refractivity contribution in [1.82, 2.24) is 4.72 Å². The fourth-order valence-corrected chi connectivity index (χ4v) is 4.73. The largest absolute Gasteiger partial charge is 0.322 e. The number of nitrogens with one attached hydrogen (secondary N) is 3. The maximum atomic E-state index is 12.9. The fraction of sp³-hybridized carbons (Fsp3) is 0.0500. The van der Waals surface area contributed by atoms with Gasteiger partial charge >= 0.3 is 0 Å². The summed E-state index contributed by atoms with van der Waals surface area (Å²) in [6.07, 6.45) is 0. The Morgan fingerprint density at radius 3 is 2.06 bits per heavy atom. The number of para-hydroxylation sites is 1. The number of carbonyl (C=O) groups excluding carboxylic acids is 1. The van der Waals surface area contributed by atoms with E-state index in [9.17, 15) is 21.6 Å². The Labute approximate surface area is 185 Å². The lowest BCUT2D eigenvalue weighted by Gasteiger charge is -2.13. The number of hydrogen-bond acceptors (Lipinski definition) is 5. The third-order valence-corrected chi connectivity index (χ3v) is 7.24. The normalized spacial score (nSPS) is 11.7. The molecule has 0 saturated carbocycles. The number of sulfonamides is 2. The molecule has 0 fully saturated rings. The minimum absolute atomic E-state index is 0.0378. The molecule has 0 aliphatic heterocycles. The minimum Gasteiger partial charge on any atom is -0.322 e. The van der Waals surface area contributed by atoms with E-state index >= 15 is 0 Å². The molecule has 3 aromatic carbocycles. The number of hydrogen-bond donors (Lipinski definition) is 3. The first-order chi connectivity index (χ1) is 14.6. The molecule has 0 bridgehead atoms. The van der Waals surface area contributed by atoms with Crippen LogP contribution < -0.4 is 14.8 Å². The second-order valence-corrected chi connectivity index (χ2v) is 10.3. The highest BCUT2D eigenvalue weighted by molar-refractivity contribution is 7.93. The van der Waals surface area contributed by atoms with E-state index in [1.807, 2.05) is 0 Å². The molecule has 8 nitrogen and oxygen atoms in total. The quantitative estimate of drug-likeness (QED) is 0.480. The molecule has 3 rings (SSSR count). The zero-order valence-corrected chi connectivity index (χ0v) is 18.6. The van der Waals surface area contributed by atoms with Crippen LogP contribution in [0, 0.1) is 0 Å². The molecular weight excluding hydrogens is 462 g/mol. The zero-order valence-electron chi connectivity index (χ0n) is 16.2.